The van der Waals surface area contributed by atoms with Gasteiger partial charge in [0, 0.05) is 24.1 Å². The number of rotatable bonds is 7. The van der Waals surface area contributed by atoms with E-state index in [-0.39, 0.29) is 22.4 Å². The fraction of sp³-hybridized carbons (Fsp3) is 0.643. The lowest BCUT2D eigenvalue weighted by atomic mass is 9.97. The molecule has 20 heavy (non-hydrogen) atoms. The van der Waals surface area contributed by atoms with E-state index < -0.39 is 0 Å². The number of hydrogen-bond acceptors (Lipinski definition) is 5. The maximum atomic E-state index is 11.3. The van der Waals surface area contributed by atoms with Gasteiger partial charge in [0.15, 0.2) is 0 Å². The summed E-state index contributed by atoms with van der Waals surface area (Å²) < 4.78 is 5.57. The Morgan fingerprint density at radius 2 is 2.00 bits per heavy atom. The van der Waals surface area contributed by atoms with Gasteiger partial charge in [0.2, 0.25) is 5.88 Å². The summed E-state index contributed by atoms with van der Waals surface area (Å²) in [7, 11) is 1.84. The minimum atomic E-state index is -0.338. The van der Waals surface area contributed by atoms with Crippen LogP contribution in [0.3, 0.4) is 0 Å². The predicted molar refractivity (Wildman–Crippen MR) is 78.5 cm³/mol. The summed E-state index contributed by atoms with van der Waals surface area (Å²) in [5, 5.41) is 14.3. The second kappa shape index (κ2) is 7.19. The molecule has 6 heteroatoms. The van der Waals surface area contributed by atoms with E-state index in [1.54, 1.807) is 6.07 Å². The van der Waals surface area contributed by atoms with Crippen molar-refractivity contribution in [1.29, 1.82) is 0 Å². The van der Waals surface area contributed by atoms with Crippen LogP contribution in [0.2, 0.25) is 0 Å². The van der Waals surface area contributed by atoms with Gasteiger partial charge >= 0.3 is 0 Å². The molecule has 0 bridgehead atoms. The molecule has 0 fully saturated rings. The van der Waals surface area contributed by atoms with Crippen molar-refractivity contribution in [3.05, 3.63) is 27.4 Å². The second-order valence-corrected chi connectivity index (χ2v) is 5.30. The largest absolute Gasteiger partial charge is 0.476 e. The summed E-state index contributed by atoms with van der Waals surface area (Å²) in [5.41, 5.74) is 1.28. The molecule has 0 spiro atoms. The van der Waals surface area contributed by atoms with Gasteiger partial charge in [-0.15, -0.1) is 0 Å². The van der Waals surface area contributed by atoms with Crippen molar-refractivity contribution in [2.24, 2.45) is 0 Å². The molecule has 0 aliphatic carbocycles. The highest BCUT2D eigenvalue weighted by Crippen LogP contribution is 2.35. The van der Waals surface area contributed by atoms with E-state index >= 15 is 0 Å². The van der Waals surface area contributed by atoms with Crippen LogP contribution in [0.4, 0.5) is 5.69 Å². The molecule has 0 aliphatic heterocycles. The molecule has 0 saturated carbocycles. The van der Waals surface area contributed by atoms with Gasteiger partial charge in [-0.05, 0) is 13.0 Å². The molecule has 0 unspecified atom stereocenters. The Morgan fingerprint density at radius 3 is 2.45 bits per heavy atom. The van der Waals surface area contributed by atoms with E-state index in [1.165, 1.54) is 0 Å². The molecule has 0 saturated heterocycles. The zero-order chi connectivity index (χ0) is 15.3. The predicted octanol–water partition coefficient (Wildman–Crippen LogP) is 2.83. The van der Waals surface area contributed by atoms with E-state index in [1.807, 2.05) is 34.7 Å². The normalized spacial score (nSPS) is 11.2. The molecule has 6 nitrogen and oxygen atoms in total. The lowest BCUT2D eigenvalue weighted by Crippen LogP contribution is -2.17. The molecule has 0 aliphatic rings. The van der Waals surface area contributed by atoms with Gasteiger partial charge < -0.3 is 10.1 Å². The first kappa shape index (κ1) is 16.4. The fourth-order valence-corrected chi connectivity index (χ4v) is 1.93. The Morgan fingerprint density at radius 1 is 1.35 bits per heavy atom. The summed E-state index contributed by atoms with van der Waals surface area (Å²) in [5.74, 6) is 0.474. The molecule has 0 aromatic carbocycles. The van der Waals surface area contributed by atoms with Crippen LogP contribution in [-0.4, -0.2) is 30.1 Å². The minimum absolute atomic E-state index is 0.0271. The molecule has 1 rings (SSSR count). The Hall–Kier alpha value is -1.69. The van der Waals surface area contributed by atoms with Crippen LogP contribution in [0, 0.1) is 10.1 Å². The van der Waals surface area contributed by atoms with Crippen LogP contribution in [-0.2, 0) is 0 Å². The molecule has 112 valence electrons. The third-order valence-electron chi connectivity index (χ3n) is 2.98. The van der Waals surface area contributed by atoms with Crippen molar-refractivity contribution in [2.75, 3.05) is 20.2 Å². The minimum Gasteiger partial charge on any atom is -0.476 e. The molecule has 1 aromatic heterocycles. The smallest absolute Gasteiger partial charge is 0.294 e. The molecule has 0 amide bonds. The van der Waals surface area contributed by atoms with Crippen molar-refractivity contribution >= 4 is 5.69 Å². The first-order valence-electron chi connectivity index (χ1n) is 6.85. The molecule has 0 radical (unpaired) electrons. The van der Waals surface area contributed by atoms with E-state index in [9.17, 15) is 10.1 Å². The van der Waals surface area contributed by atoms with Gasteiger partial charge in [-0.1, -0.05) is 27.7 Å². The van der Waals surface area contributed by atoms with Crippen LogP contribution in [0.25, 0.3) is 0 Å². The van der Waals surface area contributed by atoms with Crippen molar-refractivity contribution in [3.63, 3.8) is 0 Å². The van der Waals surface area contributed by atoms with Crippen molar-refractivity contribution in [2.45, 2.75) is 39.5 Å². The molecule has 1 N–H and O–H groups in total. The molecular weight excluding hydrogens is 258 g/mol. The lowest BCUT2D eigenvalue weighted by molar-refractivity contribution is -0.386. The topological polar surface area (TPSA) is 77.3 Å². The number of hydrogen-bond donors (Lipinski definition) is 1. The first-order valence-corrected chi connectivity index (χ1v) is 6.85. The van der Waals surface area contributed by atoms with Gasteiger partial charge in [-0.25, -0.2) is 4.98 Å². The van der Waals surface area contributed by atoms with Crippen LogP contribution < -0.4 is 10.1 Å². The number of nitrogens with one attached hydrogen (secondary N) is 1. The summed E-state index contributed by atoms with van der Waals surface area (Å²) in [4.78, 5) is 15.3. The van der Waals surface area contributed by atoms with Gasteiger partial charge in [0.25, 0.3) is 5.69 Å². The SMILES string of the molecule is CNCCOc1cc(C(C)C)c([N+](=O)[O-])c(C(C)C)n1. The Bertz CT molecular complexity index is 444. The van der Waals surface area contributed by atoms with E-state index in [0.717, 1.165) is 0 Å². The van der Waals surface area contributed by atoms with Gasteiger partial charge in [0.05, 0.1) is 4.92 Å². The van der Waals surface area contributed by atoms with Gasteiger partial charge in [-0.2, -0.15) is 0 Å². The molecule has 1 aromatic rings. The number of nitrogens with zero attached hydrogens (tertiary/aromatic N) is 2. The van der Waals surface area contributed by atoms with Gasteiger partial charge in [-0.3, -0.25) is 10.1 Å². The number of pyridine rings is 1. The standard InChI is InChI=1S/C14H23N3O3/c1-9(2)11-8-12(20-7-6-15-5)16-13(10(3)4)14(11)17(18)19/h8-10,15H,6-7H2,1-5H3. The van der Waals surface area contributed by atoms with Crippen molar-refractivity contribution in [1.82, 2.24) is 10.3 Å². The molecular formula is C14H23N3O3. The monoisotopic (exact) mass is 281 g/mol. The summed E-state index contributed by atoms with van der Waals surface area (Å²) in [6, 6.07) is 1.68. The van der Waals surface area contributed by atoms with E-state index in [0.29, 0.717) is 30.3 Å². The summed E-state index contributed by atoms with van der Waals surface area (Å²) in [6.07, 6.45) is 0. The Balaban J connectivity index is 3.27. The van der Waals surface area contributed by atoms with Crippen LogP contribution in [0.5, 0.6) is 5.88 Å². The number of ether oxygens (including phenoxy) is 1. The maximum Gasteiger partial charge on any atom is 0.294 e. The number of aromatic nitrogens is 1. The number of likely N-dealkylation sites (N-methyl/N-ethyl adjacent to an activating group) is 1. The summed E-state index contributed by atoms with van der Waals surface area (Å²) in [6.45, 7) is 8.85. The highest BCUT2D eigenvalue weighted by Gasteiger charge is 2.26. The fourth-order valence-electron chi connectivity index (χ4n) is 1.93. The van der Waals surface area contributed by atoms with Crippen molar-refractivity contribution < 1.29 is 9.66 Å². The highest BCUT2D eigenvalue weighted by molar-refractivity contribution is 5.49. The van der Waals surface area contributed by atoms with E-state index in [2.05, 4.69) is 10.3 Å². The average molecular weight is 281 g/mol. The van der Waals surface area contributed by atoms with E-state index in [4.69, 9.17) is 4.74 Å². The zero-order valence-electron chi connectivity index (χ0n) is 12.8. The average Bonchev–Trinajstić information content (AvgIpc) is 2.37. The van der Waals surface area contributed by atoms with Crippen LogP contribution >= 0.6 is 0 Å². The zero-order valence-corrected chi connectivity index (χ0v) is 12.8. The second-order valence-electron chi connectivity index (χ2n) is 5.30. The maximum absolute atomic E-state index is 11.3. The Kier molecular flexibility index (Phi) is 5.88. The Labute approximate surface area is 119 Å². The highest BCUT2D eigenvalue weighted by atomic mass is 16.6. The van der Waals surface area contributed by atoms with Gasteiger partial charge in [0.1, 0.15) is 12.3 Å². The quantitative estimate of drug-likeness (QED) is 0.472. The van der Waals surface area contributed by atoms with Crippen LogP contribution in [0.15, 0.2) is 6.07 Å². The third kappa shape index (κ3) is 3.90. The molecule has 0 atom stereocenters. The lowest BCUT2D eigenvalue weighted by Gasteiger charge is -2.15. The summed E-state index contributed by atoms with van der Waals surface area (Å²) >= 11 is 0. The van der Waals surface area contributed by atoms with Crippen molar-refractivity contribution in [3.8, 4) is 5.88 Å². The third-order valence-corrected chi connectivity index (χ3v) is 2.98. The van der Waals surface area contributed by atoms with Crippen LogP contribution in [0.1, 0.15) is 50.8 Å². The molecule has 1 heterocycles. The number of nitro groups is 1. The first-order chi connectivity index (χ1) is 9.38.